The lowest BCUT2D eigenvalue weighted by molar-refractivity contribution is 0.475. The summed E-state index contributed by atoms with van der Waals surface area (Å²) in [7, 11) is 0. The van der Waals surface area contributed by atoms with Crippen molar-refractivity contribution >= 4 is 28.2 Å². The van der Waals surface area contributed by atoms with E-state index in [-0.39, 0.29) is 5.75 Å². The molecule has 0 aliphatic carbocycles. The maximum Gasteiger partial charge on any atom is 0.134 e. The molecule has 4 heteroatoms. The predicted octanol–water partition coefficient (Wildman–Crippen LogP) is 4.14. The molecule has 0 fully saturated rings. The van der Waals surface area contributed by atoms with Gasteiger partial charge in [0.2, 0.25) is 0 Å². The number of anilines is 1. The molecule has 96 valence electrons. The van der Waals surface area contributed by atoms with Crippen LogP contribution in [0.15, 0.2) is 48.7 Å². The second-order valence-electron chi connectivity index (χ2n) is 4.38. The van der Waals surface area contributed by atoms with Crippen molar-refractivity contribution in [3.63, 3.8) is 0 Å². The molecule has 3 rings (SSSR count). The summed E-state index contributed by atoms with van der Waals surface area (Å²) in [5, 5.41) is 14.2. The van der Waals surface area contributed by atoms with Gasteiger partial charge in [0.05, 0.1) is 10.5 Å². The number of aromatic hydroxyl groups is 1. The van der Waals surface area contributed by atoms with Crippen molar-refractivity contribution in [3.05, 3.63) is 59.2 Å². The van der Waals surface area contributed by atoms with E-state index in [1.54, 1.807) is 18.2 Å². The Morgan fingerprint density at radius 2 is 2.05 bits per heavy atom. The molecule has 3 N–H and O–H groups in total. The van der Waals surface area contributed by atoms with E-state index < -0.39 is 0 Å². The molecule has 0 aliphatic heterocycles. The van der Waals surface area contributed by atoms with E-state index in [1.807, 2.05) is 12.3 Å². The van der Waals surface area contributed by atoms with Crippen LogP contribution < -0.4 is 5.32 Å². The normalized spacial score (nSPS) is 10.8. The highest BCUT2D eigenvalue weighted by Gasteiger charge is 2.03. The van der Waals surface area contributed by atoms with E-state index in [1.165, 1.54) is 10.9 Å². The van der Waals surface area contributed by atoms with E-state index in [9.17, 15) is 5.11 Å². The number of nitrogens with one attached hydrogen (secondary N) is 2. The fourth-order valence-corrected chi connectivity index (χ4v) is 2.29. The van der Waals surface area contributed by atoms with Gasteiger partial charge in [-0.1, -0.05) is 29.8 Å². The number of halogens is 1. The molecule has 1 heterocycles. The Hall–Kier alpha value is -2.13. The number of fused-ring (bicyclic) bond motifs is 1. The molecule has 0 radical (unpaired) electrons. The molecule has 0 unspecified atom stereocenters. The van der Waals surface area contributed by atoms with Crippen LogP contribution in [-0.2, 0) is 6.54 Å². The molecular formula is C15H13ClN2O. The first kappa shape index (κ1) is 11.9. The van der Waals surface area contributed by atoms with Gasteiger partial charge >= 0.3 is 0 Å². The lowest BCUT2D eigenvalue weighted by Crippen LogP contribution is -1.99. The van der Waals surface area contributed by atoms with Gasteiger partial charge in [-0.3, -0.25) is 0 Å². The van der Waals surface area contributed by atoms with E-state index in [4.69, 9.17) is 11.6 Å². The summed E-state index contributed by atoms with van der Waals surface area (Å²) in [5.74, 6) is 0.0960. The molecule has 3 nitrogen and oxygen atoms in total. The van der Waals surface area contributed by atoms with Crippen molar-refractivity contribution in [3.8, 4) is 5.75 Å². The van der Waals surface area contributed by atoms with E-state index in [0.29, 0.717) is 11.6 Å². The largest absolute Gasteiger partial charge is 0.506 e. The van der Waals surface area contributed by atoms with E-state index >= 15 is 0 Å². The van der Waals surface area contributed by atoms with Crippen LogP contribution in [0.2, 0.25) is 5.02 Å². The quantitative estimate of drug-likeness (QED) is 0.628. The Kier molecular flexibility index (Phi) is 3.05. The first-order chi connectivity index (χ1) is 9.24. The van der Waals surface area contributed by atoms with Crippen LogP contribution in [0.1, 0.15) is 5.56 Å². The zero-order valence-electron chi connectivity index (χ0n) is 10.2. The Morgan fingerprint density at radius 1 is 1.16 bits per heavy atom. The Labute approximate surface area is 115 Å². The molecule has 0 spiro atoms. The number of rotatable bonds is 3. The third-order valence-corrected chi connectivity index (χ3v) is 3.41. The highest BCUT2D eigenvalue weighted by Crippen LogP contribution is 2.26. The smallest absolute Gasteiger partial charge is 0.134 e. The highest BCUT2D eigenvalue weighted by molar-refractivity contribution is 6.32. The van der Waals surface area contributed by atoms with Gasteiger partial charge < -0.3 is 15.4 Å². The summed E-state index contributed by atoms with van der Waals surface area (Å²) in [4.78, 5) is 3.24. The van der Waals surface area contributed by atoms with Gasteiger partial charge in [-0.15, -0.1) is 0 Å². The van der Waals surface area contributed by atoms with Gasteiger partial charge in [-0.25, -0.2) is 0 Å². The van der Waals surface area contributed by atoms with Gasteiger partial charge in [-0.2, -0.15) is 0 Å². The van der Waals surface area contributed by atoms with Crippen LogP contribution in [0.25, 0.3) is 10.9 Å². The van der Waals surface area contributed by atoms with E-state index in [0.717, 1.165) is 11.2 Å². The third-order valence-electron chi connectivity index (χ3n) is 3.10. The lowest BCUT2D eigenvalue weighted by Gasteiger charge is -2.08. The number of hydrogen-bond acceptors (Lipinski definition) is 2. The van der Waals surface area contributed by atoms with Gasteiger partial charge in [0.15, 0.2) is 0 Å². The lowest BCUT2D eigenvalue weighted by atomic mass is 10.1. The summed E-state index contributed by atoms with van der Waals surface area (Å²) in [5.41, 5.74) is 3.21. The first-order valence-electron chi connectivity index (χ1n) is 6.01. The number of para-hydroxylation sites is 1. The van der Waals surface area contributed by atoms with Crippen LogP contribution in [0, 0.1) is 0 Å². The summed E-state index contributed by atoms with van der Waals surface area (Å²) in [6.45, 7) is 0.693. The molecule has 0 saturated heterocycles. The minimum Gasteiger partial charge on any atom is -0.506 e. The number of H-pyrrole nitrogens is 1. The number of benzene rings is 2. The third kappa shape index (κ3) is 2.37. The van der Waals surface area contributed by atoms with Crippen LogP contribution in [0.4, 0.5) is 5.69 Å². The standard InChI is InChI=1S/C15H13ClN2O/c16-13-8-12(4-5-14(13)19)18-9-11-3-1-2-10-6-7-17-15(10)11/h1-8,17-19H,9H2. The Morgan fingerprint density at radius 3 is 2.89 bits per heavy atom. The van der Waals surface area contributed by atoms with Crippen LogP contribution in [0.3, 0.4) is 0 Å². The fourth-order valence-electron chi connectivity index (χ4n) is 2.11. The van der Waals surface area contributed by atoms with Crippen molar-refractivity contribution in [2.75, 3.05) is 5.32 Å². The predicted molar refractivity (Wildman–Crippen MR) is 78.7 cm³/mol. The molecule has 0 aliphatic rings. The monoisotopic (exact) mass is 272 g/mol. The Balaban J connectivity index is 1.82. The zero-order valence-corrected chi connectivity index (χ0v) is 10.9. The average molecular weight is 273 g/mol. The summed E-state index contributed by atoms with van der Waals surface area (Å²) in [6, 6.07) is 13.3. The van der Waals surface area contributed by atoms with Crippen molar-refractivity contribution < 1.29 is 5.11 Å². The van der Waals surface area contributed by atoms with Gasteiger partial charge in [0.25, 0.3) is 0 Å². The van der Waals surface area contributed by atoms with Gasteiger partial charge in [0, 0.05) is 18.4 Å². The van der Waals surface area contributed by atoms with E-state index in [2.05, 4.69) is 28.5 Å². The number of aromatic amines is 1. The summed E-state index contributed by atoms with van der Waals surface area (Å²) >= 11 is 5.88. The highest BCUT2D eigenvalue weighted by atomic mass is 35.5. The topological polar surface area (TPSA) is 48.0 Å². The molecule has 0 amide bonds. The first-order valence-corrected chi connectivity index (χ1v) is 6.39. The fraction of sp³-hybridized carbons (Fsp3) is 0.0667. The molecule has 3 aromatic rings. The minimum atomic E-state index is 0.0960. The Bertz CT molecular complexity index is 721. The van der Waals surface area contributed by atoms with Crippen molar-refractivity contribution in [2.45, 2.75) is 6.54 Å². The van der Waals surface area contributed by atoms with Gasteiger partial charge in [0.1, 0.15) is 5.75 Å². The molecule has 2 aromatic carbocycles. The number of aromatic nitrogens is 1. The number of hydrogen-bond donors (Lipinski definition) is 3. The molecule has 19 heavy (non-hydrogen) atoms. The molecule has 1 aromatic heterocycles. The number of phenols is 1. The number of phenolic OH excluding ortho intramolecular Hbond substituents is 1. The summed E-state index contributed by atoms with van der Waals surface area (Å²) in [6.07, 6.45) is 1.94. The second kappa shape index (κ2) is 4.86. The van der Waals surface area contributed by atoms with Crippen LogP contribution in [0.5, 0.6) is 5.75 Å². The average Bonchev–Trinajstić information content (AvgIpc) is 2.89. The van der Waals surface area contributed by atoms with Crippen LogP contribution in [-0.4, -0.2) is 10.1 Å². The van der Waals surface area contributed by atoms with Crippen molar-refractivity contribution in [1.29, 1.82) is 0 Å². The SMILES string of the molecule is Oc1ccc(NCc2cccc3cc[nH]c23)cc1Cl. The molecule has 0 saturated carbocycles. The molecule has 0 bridgehead atoms. The summed E-state index contributed by atoms with van der Waals surface area (Å²) < 4.78 is 0. The molecular weight excluding hydrogens is 260 g/mol. The van der Waals surface area contributed by atoms with Crippen molar-refractivity contribution in [1.82, 2.24) is 4.98 Å². The molecule has 0 atom stereocenters. The van der Waals surface area contributed by atoms with Gasteiger partial charge in [-0.05, 0) is 35.2 Å². The second-order valence-corrected chi connectivity index (χ2v) is 4.79. The maximum atomic E-state index is 9.38. The van der Waals surface area contributed by atoms with Crippen molar-refractivity contribution in [2.24, 2.45) is 0 Å². The maximum absolute atomic E-state index is 9.38. The van der Waals surface area contributed by atoms with Crippen LogP contribution >= 0.6 is 11.6 Å². The zero-order chi connectivity index (χ0) is 13.2. The minimum absolute atomic E-state index is 0.0960.